The Labute approximate surface area is 156 Å². The van der Waals surface area contributed by atoms with Gasteiger partial charge in [-0.15, -0.1) is 0 Å². The van der Waals surface area contributed by atoms with Crippen molar-refractivity contribution in [3.63, 3.8) is 0 Å². The summed E-state index contributed by atoms with van der Waals surface area (Å²) in [6.45, 7) is 0.784. The highest BCUT2D eigenvalue weighted by Gasteiger charge is 2.20. The van der Waals surface area contributed by atoms with Gasteiger partial charge in [-0.1, -0.05) is 24.3 Å². The number of rotatable bonds is 6. The summed E-state index contributed by atoms with van der Waals surface area (Å²) in [4.78, 5) is 25.6. The number of nitriles is 1. The third-order valence-corrected chi connectivity index (χ3v) is 4.59. The van der Waals surface area contributed by atoms with E-state index in [2.05, 4.69) is 0 Å². The number of carbonyl (C=O) groups is 2. The molecule has 1 amide bonds. The number of ether oxygens (including phenoxy) is 1. The summed E-state index contributed by atoms with van der Waals surface area (Å²) in [6.07, 6.45) is 0. The highest BCUT2D eigenvalue weighted by molar-refractivity contribution is 7.89. The van der Waals surface area contributed by atoms with Crippen LogP contribution in [0.2, 0.25) is 0 Å². The van der Waals surface area contributed by atoms with Crippen LogP contribution in [-0.4, -0.2) is 33.4 Å². The van der Waals surface area contributed by atoms with Gasteiger partial charge in [0.2, 0.25) is 10.0 Å². The molecule has 27 heavy (non-hydrogen) atoms. The topological polar surface area (TPSA) is 131 Å². The van der Waals surface area contributed by atoms with Crippen molar-refractivity contribution in [2.75, 3.05) is 18.1 Å². The zero-order chi connectivity index (χ0) is 20.0. The van der Waals surface area contributed by atoms with Crippen molar-refractivity contribution >= 4 is 27.6 Å². The maximum atomic E-state index is 12.4. The molecule has 2 N–H and O–H groups in total. The van der Waals surface area contributed by atoms with Crippen LogP contribution in [0, 0.1) is 18.3 Å². The average Bonchev–Trinajstić information content (AvgIpc) is 2.64. The van der Waals surface area contributed by atoms with Gasteiger partial charge in [0.05, 0.1) is 16.5 Å². The molecule has 9 heteroatoms. The number of aryl methyl sites for hydroxylation is 1. The van der Waals surface area contributed by atoms with E-state index in [1.807, 2.05) is 6.07 Å². The SMILES string of the molecule is Cc1ccc(S(N)(=O)=O)cc1C(=O)OCC(=O)N(CC#N)c1ccccc1. The molecule has 0 heterocycles. The van der Waals surface area contributed by atoms with Crippen LogP contribution in [0.5, 0.6) is 0 Å². The van der Waals surface area contributed by atoms with E-state index < -0.39 is 28.5 Å². The Kier molecular flexibility index (Phi) is 6.28. The molecule has 0 spiro atoms. The first-order valence-corrected chi connectivity index (χ1v) is 9.31. The molecule has 140 valence electrons. The van der Waals surface area contributed by atoms with Crippen LogP contribution in [-0.2, 0) is 19.6 Å². The molecule has 2 rings (SSSR count). The summed E-state index contributed by atoms with van der Waals surface area (Å²) in [7, 11) is -3.98. The van der Waals surface area contributed by atoms with Crippen molar-refractivity contribution in [3.8, 4) is 6.07 Å². The molecule has 0 atom stereocenters. The van der Waals surface area contributed by atoms with Crippen LogP contribution in [0.4, 0.5) is 5.69 Å². The van der Waals surface area contributed by atoms with Crippen LogP contribution in [0.25, 0.3) is 0 Å². The van der Waals surface area contributed by atoms with E-state index in [0.717, 1.165) is 6.07 Å². The van der Waals surface area contributed by atoms with Crippen LogP contribution >= 0.6 is 0 Å². The van der Waals surface area contributed by atoms with E-state index in [1.165, 1.54) is 17.0 Å². The number of primary sulfonamides is 1. The lowest BCUT2D eigenvalue weighted by Crippen LogP contribution is -2.35. The standard InChI is InChI=1S/C18H17N3O5S/c1-13-7-8-15(27(20,24)25)11-16(13)18(23)26-12-17(22)21(10-9-19)14-5-3-2-4-6-14/h2-8,11H,10,12H2,1H3,(H2,20,24,25). The van der Waals surface area contributed by atoms with E-state index in [9.17, 15) is 18.0 Å². The lowest BCUT2D eigenvalue weighted by atomic mass is 10.1. The zero-order valence-corrected chi connectivity index (χ0v) is 15.3. The lowest BCUT2D eigenvalue weighted by molar-refractivity contribution is -0.121. The highest BCUT2D eigenvalue weighted by atomic mass is 32.2. The molecular formula is C18H17N3O5S. The second-order valence-electron chi connectivity index (χ2n) is 5.57. The Morgan fingerprint density at radius 1 is 1.19 bits per heavy atom. The smallest absolute Gasteiger partial charge is 0.338 e. The maximum absolute atomic E-state index is 12.4. The fourth-order valence-corrected chi connectivity index (χ4v) is 2.82. The Balaban J connectivity index is 2.15. The van der Waals surface area contributed by atoms with Crippen molar-refractivity contribution < 1.29 is 22.7 Å². The summed E-state index contributed by atoms with van der Waals surface area (Å²) in [6, 6.07) is 14.2. The van der Waals surface area contributed by atoms with Crippen LogP contribution in [0.15, 0.2) is 53.4 Å². The average molecular weight is 387 g/mol. The number of hydrogen-bond donors (Lipinski definition) is 1. The van der Waals surface area contributed by atoms with Gasteiger partial charge >= 0.3 is 5.97 Å². The number of benzene rings is 2. The van der Waals surface area contributed by atoms with Crippen LogP contribution in [0.3, 0.4) is 0 Å². The first-order valence-electron chi connectivity index (χ1n) is 7.77. The third kappa shape index (κ3) is 5.13. The second-order valence-corrected chi connectivity index (χ2v) is 7.13. The molecule has 0 aliphatic carbocycles. The van der Waals surface area contributed by atoms with Gasteiger partial charge in [0.25, 0.3) is 5.91 Å². The lowest BCUT2D eigenvalue weighted by Gasteiger charge is -2.19. The quantitative estimate of drug-likeness (QED) is 0.588. The fraction of sp³-hybridized carbons (Fsp3) is 0.167. The highest BCUT2D eigenvalue weighted by Crippen LogP contribution is 2.17. The molecule has 0 aromatic heterocycles. The molecule has 2 aromatic rings. The van der Waals surface area contributed by atoms with Crippen molar-refractivity contribution in [3.05, 3.63) is 59.7 Å². The molecule has 0 saturated carbocycles. The molecule has 8 nitrogen and oxygen atoms in total. The molecule has 0 saturated heterocycles. The van der Waals surface area contributed by atoms with Crippen molar-refractivity contribution in [1.29, 1.82) is 5.26 Å². The molecular weight excluding hydrogens is 370 g/mol. The number of nitrogens with zero attached hydrogens (tertiary/aromatic N) is 2. The van der Waals surface area contributed by atoms with E-state index >= 15 is 0 Å². The van der Waals surface area contributed by atoms with Crippen molar-refractivity contribution in [2.45, 2.75) is 11.8 Å². The van der Waals surface area contributed by atoms with Crippen LogP contribution in [0.1, 0.15) is 15.9 Å². The van der Waals surface area contributed by atoms with Gasteiger partial charge < -0.3 is 4.74 Å². The van der Waals surface area contributed by atoms with Crippen LogP contribution < -0.4 is 10.0 Å². The Hall–Kier alpha value is -3.22. The summed E-state index contributed by atoms with van der Waals surface area (Å²) in [5.74, 6) is -1.45. The maximum Gasteiger partial charge on any atom is 0.338 e. The number of para-hydroxylation sites is 1. The molecule has 0 aliphatic heterocycles. The molecule has 0 fully saturated rings. The number of nitrogens with two attached hydrogens (primary N) is 1. The molecule has 0 radical (unpaired) electrons. The first-order chi connectivity index (χ1) is 12.7. The van der Waals surface area contributed by atoms with Gasteiger partial charge in [-0.25, -0.2) is 18.4 Å². The number of sulfonamides is 1. The van der Waals surface area contributed by atoms with Gasteiger partial charge in [0.1, 0.15) is 6.54 Å². The number of anilines is 1. The number of esters is 1. The van der Waals surface area contributed by atoms with E-state index in [1.54, 1.807) is 37.3 Å². The minimum atomic E-state index is -3.98. The van der Waals surface area contributed by atoms with Gasteiger partial charge in [-0.05, 0) is 36.8 Å². The number of hydrogen-bond acceptors (Lipinski definition) is 6. The first kappa shape index (κ1) is 20.1. The fourth-order valence-electron chi connectivity index (χ4n) is 2.28. The molecule has 0 unspecified atom stereocenters. The summed E-state index contributed by atoms with van der Waals surface area (Å²) in [5.41, 5.74) is 0.949. The Morgan fingerprint density at radius 3 is 2.44 bits per heavy atom. The summed E-state index contributed by atoms with van der Waals surface area (Å²) >= 11 is 0. The number of carbonyl (C=O) groups excluding carboxylic acids is 2. The summed E-state index contributed by atoms with van der Waals surface area (Å²) in [5, 5.41) is 14.0. The largest absolute Gasteiger partial charge is 0.452 e. The second kappa shape index (κ2) is 8.44. The predicted octanol–water partition coefficient (Wildman–Crippen LogP) is 1.36. The minimum absolute atomic E-state index is 0.0131. The predicted molar refractivity (Wildman–Crippen MR) is 97.2 cm³/mol. The Morgan fingerprint density at radius 2 is 1.85 bits per heavy atom. The summed E-state index contributed by atoms with van der Waals surface area (Å²) < 4.78 is 27.9. The van der Waals surface area contributed by atoms with Gasteiger partial charge in [-0.3, -0.25) is 9.69 Å². The zero-order valence-electron chi connectivity index (χ0n) is 14.5. The van der Waals surface area contributed by atoms with Crippen molar-refractivity contribution in [1.82, 2.24) is 0 Å². The third-order valence-electron chi connectivity index (χ3n) is 3.68. The normalized spacial score (nSPS) is 10.7. The molecule has 0 aliphatic rings. The Bertz CT molecular complexity index is 997. The van der Waals surface area contributed by atoms with Gasteiger partial charge in [0, 0.05) is 5.69 Å². The van der Waals surface area contributed by atoms with Gasteiger partial charge in [0.15, 0.2) is 6.61 Å². The van der Waals surface area contributed by atoms with E-state index in [-0.39, 0.29) is 17.0 Å². The van der Waals surface area contributed by atoms with E-state index in [0.29, 0.717) is 11.3 Å². The molecule has 0 bridgehead atoms. The molecule has 2 aromatic carbocycles. The van der Waals surface area contributed by atoms with Gasteiger partial charge in [-0.2, -0.15) is 5.26 Å². The van der Waals surface area contributed by atoms with E-state index in [4.69, 9.17) is 15.1 Å². The van der Waals surface area contributed by atoms with Crippen molar-refractivity contribution in [2.24, 2.45) is 5.14 Å². The number of amides is 1. The monoisotopic (exact) mass is 387 g/mol. The minimum Gasteiger partial charge on any atom is -0.452 e.